The number of hydrogen-bond donors (Lipinski definition) is 0. The number of aryl methyl sites for hydroxylation is 2. The summed E-state index contributed by atoms with van der Waals surface area (Å²) in [5.74, 6) is -0.539. The van der Waals surface area contributed by atoms with Crippen LogP contribution in [-0.4, -0.2) is 34.5 Å². The van der Waals surface area contributed by atoms with Crippen LogP contribution in [0.5, 0.6) is 0 Å². The van der Waals surface area contributed by atoms with Crippen molar-refractivity contribution in [3.63, 3.8) is 0 Å². The highest BCUT2D eigenvalue weighted by atomic mass is 16.5. The fourth-order valence-corrected chi connectivity index (χ4v) is 5.16. The molecule has 0 N–H and O–H groups in total. The van der Waals surface area contributed by atoms with Crippen molar-refractivity contribution < 1.29 is 14.3 Å². The van der Waals surface area contributed by atoms with Gasteiger partial charge in [0.2, 0.25) is 0 Å². The first-order chi connectivity index (χ1) is 15.3. The molecule has 2 aromatic rings. The monoisotopic (exact) mass is 432 g/mol. The zero-order chi connectivity index (χ0) is 23.0. The van der Waals surface area contributed by atoms with E-state index in [1.807, 2.05) is 24.8 Å². The van der Waals surface area contributed by atoms with Crippen LogP contribution in [0.2, 0.25) is 0 Å². The highest BCUT2D eigenvalue weighted by Gasteiger charge is 2.40. The van der Waals surface area contributed by atoms with Crippen molar-refractivity contribution in [2.75, 3.05) is 7.11 Å². The molecule has 4 rings (SSSR count). The minimum absolute atomic E-state index is 0.0880. The first kappa shape index (κ1) is 22.1. The van der Waals surface area contributed by atoms with E-state index in [1.165, 1.54) is 19.1 Å². The summed E-state index contributed by atoms with van der Waals surface area (Å²) < 4.78 is 7.25. The Labute approximate surface area is 190 Å². The van der Waals surface area contributed by atoms with Gasteiger partial charge in [-0.15, -0.1) is 0 Å². The highest BCUT2D eigenvalue weighted by Crippen LogP contribution is 2.37. The van der Waals surface area contributed by atoms with Crippen LogP contribution in [0.4, 0.5) is 0 Å². The topological polar surface area (TPSA) is 51.5 Å². The van der Waals surface area contributed by atoms with Gasteiger partial charge in [0, 0.05) is 28.8 Å². The maximum Gasteiger partial charge on any atom is 0.340 e. The first-order valence-electron chi connectivity index (χ1n) is 11.4. The molecule has 5 heteroatoms. The Morgan fingerprint density at radius 3 is 2.31 bits per heavy atom. The van der Waals surface area contributed by atoms with Gasteiger partial charge in [0.05, 0.1) is 18.3 Å². The summed E-state index contributed by atoms with van der Waals surface area (Å²) in [6.07, 6.45) is 7.27. The molecule has 1 aromatic heterocycles. The van der Waals surface area contributed by atoms with Crippen LogP contribution in [0, 0.1) is 20.8 Å². The number of nitrogens with zero attached hydrogens (tertiary/aromatic N) is 2. The second-order valence-corrected chi connectivity index (χ2v) is 8.97. The average molecular weight is 433 g/mol. The first-order valence-corrected chi connectivity index (χ1v) is 11.4. The van der Waals surface area contributed by atoms with Crippen molar-refractivity contribution in [2.45, 2.75) is 65.8 Å². The molecule has 1 aliphatic heterocycles. The van der Waals surface area contributed by atoms with Crippen molar-refractivity contribution in [1.29, 1.82) is 0 Å². The lowest BCUT2D eigenvalue weighted by molar-refractivity contribution is -0.136. The number of allylic oxidation sites excluding steroid dienone is 1. The number of amides is 1. The van der Waals surface area contributed by atoms with Gasteiger partial charge in [-0.25, -0.2) is 4.79 Å². The lowest BCUT2D eigenvalue weighted by Gasteiger charge is -2.32. The van der Waals surface area contributed by atoms with Crippen molar-refractivity contribution >= 4 is 18.0 Å². The molecule has 32 heavy (non-hydrogen) atoms. The Hall–Kier alpha value is -3.08. The Bertz CT molecular complexity index is 1110. The fourth-order valence-electron chi connectivity index (χ4n) is 5.16. The van der Waals surface area contributed by atoms with E-state index < -0.39 is 5.97 Å². The zero-order valence-electron chi connectivity index (χ0n) is 19.7. The lowest BCUT2D eigenvalue weighted by Crippen LogP contribution is -2.37. The number of hydrogen-bond acceptors (Lipinski definition) is 3. The molecular weight excluding hydrogens is 400 g/mol. The van der Waals surface area contributed by atoms with E-state index in [2.05, 4.69) is 48.7 Å². The molecule has 0 spiro atoms. The third-order valence-corrected chi connectivity index (χ3v) is 6.83. The van der Waals surface area contributed by atoms with Gasteiger partial charge in [0.25, 0.3) is 5.91 Å². The van der Waals surface area contributed by atoms with E-state index in [-0.39, 0.29) is 11.9 Å². The minimum Gasteiger partial charge on any atom is -0.465 e. The van der Waals surface area contributed by atoms with Gasteiger partial charge in [0.1, 0.15) is 0 Å². The standard InChI is InChI=1S/C27H32N2O3/c1-17-11-13-23(14-12-17)28-18(2)15-21(19(28)3)16-24-25(27(31)32-5)20(4)29(26(24)30)22-9-7-6-8-10-22/h11-16,22H,6-10H2,1-5H3/b24-16+. The van der Waals surface area contributed by atoms with Crippen molar-refractivity contribution in [3.05, 3.63) is 69.7 Å². The van der Waals surface area contributed by atoms with E-state index in [0.29, 0.717) is 16.8 Å². The molecule has 0 unspecified atom stereocenters. The third kappa shape index (κ3) is 3.81. The number of benzene rings is 1. The number of aromatic nitrogens is 1. The van der Waals surface area contributed by atoms with Gasteiger partial charge in [-0.1, -0.05) is 37.0 Å². The molecule has 1 amide bonds. The molecule has 5 nitrogen and oxygen atoms in total. The molecule has 168 valence electrons. The van der Waals surface area contributed by atoms with E-state index in [0.717, 1.165) is 48.3 Å². The minimum atomic E-state index is -0.451. The molecule has 1 fully saturated rings. The molecule has 1 aliphatic carbocycles. The molecule has 0 saturated heterocycles. The zero-order valence-corrected chi connectivity index (χ0v) is 19.7. The molecule has 0 atom stereocenters. The van der Waals surface area contributed by atoms with Crippen LogP contribution < -0.4 is 0 Å². The molecule has 0 bridgehead atoms. The fraction of sp³-hybridized carbons (Fsp3) is 0.407. The van der Waals surface area contributed by atoms with Crippen LogP contribution in [0.15, 0.2) is 47.2 Å². The summed E-state index contributed by atoms with van der Waals surface area (Å²) in [6, 6.07) is 10.6. The number of carbonyl (C=O) groups excluding carboxylic acids is 2. The summed E-state index contributed by atoms with van der Waals surface area (Å²) in [7, 11) is 1.37. The van der Waals surface area contributed by atoms with Gasteiger partial charge in [0.15, 0.2) is 0 Å². The molecule has 0 radical (unpaired) electrons. The Morgan fingerprint density at radius 1 is 1.03 bits per heavy atom. The van der Waals surface area contributed by atoms with E-state index >= 15 is 0 Å². The molecular formula is C27H32N2O3. The van der Waals surface area contributed by atoms with Crippen molar-refractivity contribution in [2.24, 2.45) is 0 Å². The summed E-state index contributed by atoms with van der Waals surface area (Å²) >= 11 is 0. The normalized spacial score (nSPS) is 18.7. The third-order valence-electron chi connectivity index (χ3n) is 6.83. The Balaban J connectivity index is 1.78. The van der Waals surface area contributed by atoms with Gasteiger partial charge in [-0.3, -0.25) is 4.79 Å². The summed E-state index contributed by atoms with van der Waals surface area (Å²) in [6.45, 7) is 8.05. The van der Waals surface area contributed by atoms with Crippen LogP contribution in [0.25, 0.3) is 11.8 Å². The van der Waals surface area contributed by atoms with Crippen LogP contribution in [-0.2, 0) is 14.3 Å². The van der Waals surface area contributed by atoms with Crippen LogP contribution in [0.1, 0.15) is 61.5 Å². The summed E-state index contributed by atoms with van der Waals surface area (Å²) in [4.78, 5) is 28.1. The van der Waals surface area contributed by atoms with Crippen molar-refractivity contribution in [1.82, 2.24) is 9.47 Å². The van der Waals surface area contributed by atoms with Gasteiger partial charge < -0.3 is 14.2 Å². The van der Waals surface area contributed by atoms with Gasteiger partial charge in [-0.05, 0) is 70.4 Å². The summed E-state index contributed by atoms with van der Waals surface area (Å²) in [5, 5.41) is 0. The second kappa shape index (κ2) is 8.81. The largest absolute Gasteiger partial charge is 0.465 e. The maximum absolute atomic E-state index is 13.6. The quantitative estimate of drug-likeness (QED) is 0.480. The van der Waals surface area contributed by atoms with Crippen LogP contribution in [0.3, 0.4) is 0 Å². The van der Waals surface area contributed by atoms with E-state index in [1.54, 1.807) is 0 Å². The maximum atomic E-state index is 13.6. The predicted octanol–water partition coefficient (Wildman–Crippen LogP) is 5.41. The number of rotatable bonds is 4. The highest BCUT2D eigenvalue weighted by molar-refractivity contribution is 6.16. The number of carbonyl (C=O) groups is 2. The van der Waals surface area contributed by atoms with E-state index in [9.17, 15) is 9.59 Å². The van der Waals surface area contributed by atoms with Crippen molar-refractivity contribution in [3.8, 4) is 5.69 Å². The molecule has 2 aliphatic rings. The number of ether oxygens (including phenoxy) is 1. The lowest BCUT2D eigenvalue weighted by atomic mass is 9.94. The number of esters is 1. The van der Waals surface area contributed by atoms with Gasteiger partial charge >= 0.3 is 5.97 Å². The Morgan fingerprint density at radius 2 is 1.69 bits per heavy atom. The number of methoxy groups -OCH3 is 1. The van der Waals surface area contributed by atoms with E-state index in [4.69, 9.17) is 4.74 Å². The molecule has 2 heterocycles. The Kier molecular flexibility index (Phi) is 6.09. The second-order valence-electron chi connectivity index (χ2n) is 8.97. The van der Waals surface area contributed by atoms with Crippen LogP contribution >= 0.6 is 0 Å². The average Bonchev–Trinajstić information content (AvgIpc) is 3.20. The predicted molar refractivity (Wildman–Crippen MR) is 126 cm³/mol. The smallest absolute Gasteiger partial charge is 0.340 e. The SMILES string of the molecule is COC(=O)C1=C(C)N(C2CCCCC2)C(=O)/C1=C/c1cc(C)n(-c2ccc(C)cc2)c1C. The summed E-state index contributed by atoms with van der Waals surface area (Å²) in [5.41, 5.74) is 6.88. The molecule has 1 saturated carbocycles. The molecule has 1 aromatic carbocycles. The van der Waals surface area contributed by atoms with Gasteiger partial charge in [-0.2, -0.15) is 0 Å².